The van der Waals surface area contributed by atoms with Gasteiger partial charge in [-0.05, 0) is 31.2 Å². The number of methoxy groups -OCH3 is 4. The number of hydrogen-bond donors (Lipinski definition) is 2. The fourth-order valence-corrected chi connectivity index (χ4v) is 3.37. The highest BCUT2D eigenvalue weighted by atomic mass is 16.6. The first-order chi connectivity index (χ1) is 16.6. The SMILES string of the molecule is COc1cc(OC)c(/C=C/C(=O)Nc2ccc(OC)c(CC(C)(OC(C)=O)C(=O)O)c2)c(OC)c1. The normalized spacial score (nSPS) is 12.4. The number of ether oxygens (including phenoxy) is 5. The van der Waals surface area contributed by atoms with Crippen LogP contribution in [0.5, 0.6) is 23.0 Å². The second-order valence-corrected chi connectivity index (χ2v) is 7.60. The van der Waals surface area contributed by atoms with Crippen molar-refractivity contribution in [3.8, 4) is 23.0 Å². The molecule has 0 aromatic heterocycles. The van der Waals surface area contributed by atoms with E-state index in [1.807, 2.05) is 0 Å². The molecule has 1 amide bonds. The van der Waals surface area contributed by atoms with Crippen LogP contribution in [0.25, 0.3) is 6.08 Å². The Balaban J connectivity index is 2.30. The zero-order valence-corrected chi connectivity index (χ0v) is 20.5. The Morgan fingerprint density at radius 1 is 0.943 bits per heavy atom. The maximum Gasteiger partial charge on any atom is 0.348 e. The lowest BCUT2D eigenvalue weighted by Gasteiger charge is -2.25. The first-order valence-electron chi connectivity index (χ1n) is 10.5. The predicted octanol–water partition coefficient (Wildman–Crippen LogP) is 3.32. The van der Waals surface area contributed by atoms with Crippen molar-refractivity contribution >= 4 is 29.6 Å². The quantitative estimate of drug-likeness (QED) is 0.362. The van der Waals surface area contributed by atoms with Gasteiger partial charge >= 0.3 is 11.9 Å². The van der Waals surface area contributed by atoms with Crippen LogP contribution in [0, 0.1) is 0 Å². The van der Waals surface area contributed by atoms with Gasteiger partial charge in [0.1, 0.15) is 23.0 Å². The van der Waals surface area contributed by atoms with E-state index in [1.165, 1.54) is 41.4 Å². The monoisotopic (exact) mass is 487 g/mol. The van der Waals surface area contributed by atoms with Crippen LogP contribution in [0.15, 0.2) is 36.4 Å². The number of esters is 1. The summed E-state index contributed by atoms with van der Waals surface area (Å²) in [6.45, 7) is 2.42. The van der Waals surface area contributed by atoms with E-state index in [4.69, 9.17) is 23.7 Å². The van der Waals surface area contributed by atoms with Gasteiger partial charge in [-0.3, -0.25) is 9.59 Å². The van der Waals surface area contributed by atoms with Crippen LogP contribution < -0.4 is 24.3 Å². The summed E-state index contributed by atoms with van der Waals surface area (Å²) in [7, 11) is 5.93. The Morgan fingerprint density at radius 2 is 1.54 bits per heavy atom. The Bertz CT molecular complexity index is 1100. The van der Waals surface area contributed by atoms with Crippen LogP contribution in [-0.2, 0) is 25.5 Å². The molecule has 0 fully saturated rings. The summed E-state index contributed by atoms with van der Waals surface area (Å²) in [5.41, 5.74) is -0.457. The van der Waals surface area contributed by atoms with E-state index in [1.54, 1.807) is 36.4 Å². The van der Waals surface area contributed by atoms with Crippen LogP contribution in [0.2, 0.25) is 0 Å². The van der Waals surface area contributed by atoms with Crippen molar-refractivity contribution < 1.29 is 43.2 Å². The van der Waals surface area contributed by atoms with Gasteiger partial charge in [0.05, 0.1) is 34.0 Å². The number of carbonyl (C=O) groups is 3. The van der Waals surface area contributed by atoms with E-state index in [2.05, 4.69) is 5.32 Å². The molecule has 1 unspecified atom stereocenters. The minimum Gasteiger partial charge on any atom is -0.496 e. The van der Waals surface area contributed by atoms with Gasteiger partial charge in [-0.25, -0.2) is 4.79 Å². The smallest absolute Gasteiger partial charge is 0.348 e. The van der Waals surface area contributed by atoms with Crippen LogP contribution in [0.1, 0.15) is 25.0 Å². The average molecular weight is 488 g/mol. The van der Waals surface area contributed by atoms with Crippen molar-refractivity contribution in [2.75, 3.05) is 33.8 Å². The molecule has 2 aromatic rings. The lowest BCUT2D eigenvalue weighted by atomic mass is 9.95. The molecular weight excluding hydrogens is 458 g/mol. The summed E-state index contributed by atoms with van der Waals surface area (Å²) < 4.78 is 26.3. The molecule has 0 radical (unpaired) electrons. The molecule has 0 saturated carbocycles. The standard InChI is InChI=1S/C25H29NO9/c1-15(27)35-25(2,24(29)30)14-16-11-17(7-9-20(16)32-4)26-23(28)10-8-19-21(33-5)12-18(31-3)13-22(19)34-6/h7-13H,14H2,1-6H3,(H,26,28)(H,29,30)/b10-8+. The summed E-state index contributed by atoms with van der Waals surface area (Å²) in [6, 6.07) is 8.08. The van der Waals surface area contributed by atoms with Crippen molar-refractivity contribution in [2.24, 2.45) is 0 Å². The molecule has 10 nitrogen and oxygen atoms in total. The molecule has 0 spiro atoms. The van der Waals surface area contributed by atoms with Gasteiger partial charge in [0.15, 0.2) is 0 Å². The molecule has 2 N–H and O–H groups in total. The van der Waals surface area contributed by atoms with E-state index < -0.39 is 23.4 Å². The summed E-state index contributed by atoms with van der Waals surface area (Å²) in [6.07, 6.45) is 2.67. The third-order valence-corrected chi connectivity index (χ3v) is 5.05. The van der Waals surface area contributed by atoms with Crippen molar-refractivity contribution in [1.29, 1.82) is 0 Å². The molecule has 0 aliphatic carbocycles. The minimum atomic E-state index is -1.82. The number of nitrogens with one attached hydrogen (secondary N) is 1. The third-order valence-electron chi connectivity index (χ3n) is 5.05. The fourth-order valence-electron chi connectivity index (χ4n) is 3.37. The minimum absolute atomic E-state index is 0.176. The van der Waals surface area contributed by atoms with E-state index in [0.29, 0.717) is 39.8 Å². The molecule has 2 rings (SSSR count). The zero-order valence-electron chi connectivity index (χ0n) is 20.5. The molecule has 2 aromatic carbocycles. The lowest BCUT2D eigenvalue weighted by molar-refractivity contribution is -0.175. The maximum atomic E-state index is 12.6. The predicted molar refractivity (Wildman–Crippen MR) is 128 cm³/mol. The number of benzene rings is 2. The molecule has 188 valence electrons. The highest BCUT2D eigenvalue weighted by Gasteiger charge is 2.38. The third kappa shape index (κ3) is 6.89. The first kappa shape index (κ1) is 27.0. The number of rotatable bonds is 11. The van der Waals surface area contributed by atoms with Gasteiger partial charge in [-0.1, -0.05) is 0 Å². The molecule has 1 atom stereocenters. The van der Waals surface area contributed by atoms with Gasteiger partial charge in [-0.15, -0.1) is 0 Å². The highest BCUT2D eigenvalue weighted by molar-refractivity contribution is 6.02. The number of carboxylic acid groups (broad SMARTS) is 1. The van der Waals surface area contributed by atoms with Crippen molar-refractivity contribution in [1.82, 2.24) is 0 Å². The number of carbonyl (C=O) groups excluding carboxylic acids is 2. The average Bonchev–Trinajstić information content (AvgIpc) is 2.81. The maximum absolute atomic E-state index is 12.6. The second-order valence-electron chi connectivity index (χ2n) is 7.60. The number of carboxylic acids is 1. The van der Waals surface area contributed by atoms with Gasteiger partial charge in [0.25, 0.3) is 0 Å². The molecule has 0 bridgehead atoms. The van der Waals surface area contributed by atoms with E-state index in [0.717, 1.165) is 6.92 Å². The van der Waals surface area contributed by atoms with Gasteiger partial charge in [0.2, 0.25) is 11.5 Å². The van der Waals surface area contributed by atoms with E-state index in [-0.39, 0.29) is 6.42 Å². The summed E-state index contributed by atoms with van der Waals surface area (Å²) in [5, 5.41) is 12.3. The topological polar surface area (TPSA) is 130 Å². The van der Waals surface area contributed by atoms with Crippen molar-refractivity contribution in [3.63, 3.8) is 0 Å². The first-order valence-corrected chi connectivity index (χ1v) is 10.5. The Hall–Kier alpha value is -4.21. The number of anilines is 1. The largest absolute Gasteiger partial charge is 0.496 e. The van der Waals surface area contributed by atoms with Crippen LogP contribution in [0.4, 0.5) is 5.69 Å². The summed E-state index contributed by atoms with van der Waals surface area (Å²) >= 11 is 0. The number of amides is 1. The number of aliphatic carboxylic acids is 1. The fraction of sp³-hybridized carbons (Fsp3) is 0.320. The lowest BCUT2D eigenvalue weighted by Crippen LogP contribution is -2.42. The molecule has 0 aliphatic heterocycles. The molecule has 0 aliphatic rings. The number of hydrogen-bond acceptors (Lipinski definition) is 8. The van der Waals surface area contributed by atoms with Crippen LogP contribution in [-0.4, -0.2) is 57.0 Å². The molecule has 10 heteroatoms. The van der Waals surface area contributed by atoms with E-state index >= 15 is 0 Å². The van der Waals surface area contributed by atoms with Crippen LogP contribution in [0.3, 0.4) is 0 Å². The van der Waals surface area contributed by atoms with Gasteiger partial charge in [-0.2, -0.15) is 0 Å². The van der Waals surface area contributed by atoms with Gasteiger partial charge in [0, 0.05) is 42.8 Å². The molecule has 35 heavy (non-hydrogen) atoms. The Kier molecular flexibility index (Phi) is 9.10. The Labute approximate surface area is 203 Å². The second kappa shape index (κ2) is 11.8. The highest BCUT2D eigenvalue weighted by Crippen LogP contribution is 2.35. The molecule has 0 heterocycles. The molecular formula is C25H29NO9. The Morgan fingerprint density at radius 3 is 2.03 bits per heavy atom. The summed E-state index contributed by atoms with van der Waals surface area (Å²) in [5.74, 6) is -0.672. The van der Waals surface area contributed by atoms with E-state index in [9.17, 15) is 19.5 Å². The van der Waals surface area contributed by atoms with Crippen LogP contribution >= 0.6 is 0 Å². The van der Waals surface area contributed by atoms with Gasteiger partial charge < -0.3 is 34.1 Å². The van der Waals surface area contributed by atoms with Crippen molar-refractivity contribution in [2.45, 2.75) is 25.9 Å². The van der Waals surface area contributed by atoms with Crippen molar-refractivity contribution in [3.05, 3.63) is 47.5 Å². The zero-order chi connectivity index (χ0) is 26.2. The molecule has 0 saturated heterocycles. The summed E-state index contributed by atoms with van der Waals surface area (Å²) in [4.78, 5) is 35.8.